The van der Waals surface area contributed by atoms with Crippen molar-refractivity contribution in [3.05, 3.63) is 89.7 Å². The van der Waals surface area contributed by atoms with Crippen molar-refractivity contribution in [2.45, 2.75) is 59.4 Å². The average molecular weight is 600 g/mol. The van der Waals surface area contributed by atoms with Gasteiger partial charge in [0.05, 0.1) is 29.3 Å². The zero-order valence-corrected chi connectivity index (χ0v) is 25.1. The number of carbonyl (C=O) groups is 3. The number of aryl methyl sites for hydroxylation is 2. The van der Waals surface area contributed by atoms with Crippen molar-refractivity contribution in [3.63, 3.8) is 0 Å². The molecule has 1 aliphatic heterocycles. The number of fused-ring (bicyclic) bond motifs is 8. The molecule has 0 radical (unpaired) electrons. The number of H-pyrrole nitrogens is 4. The molecular weight excluding hydrogens is 562 g/mol. The first-order chi connectivity index (χ1) is 20.9. The zero-order chi connectivity index (χ0) is 31.9. The highest BCUT2D eigenvalue weighted by Crippen LogP contribution is 2.23. The number of aliphatic carboxylic acids is 2. The fraction of sp³-hybridized carbons (Fsp3) is 0.303. The number of carbonyl (C=O) groups excluding carboxylic acids is 1. The first-order valence-corrected chi connectivity index (χ1v) is 14.5. The Bertz CT molecular complexity index is 2050. The quantitative estimate of drug-likeness (QED) is 0.134. The second kappa shape index (κ2) is 12.0. The van der Waals surface area contributed by atoms with Crippen LogP contribution >= 0.6 is 0 Å². The van der Waals surface area contributed by atoms with Gasteiger partial charge in [-0.25, -0.2) is 0 Å². The SMILES string of the molecule is Cc1cc2[nH]c1C=c1[nH]c(c(CCC(=O)O)c1C)=Cc1[nH]c(c(C)c1CCC(=O)O)C=c1cc(C)c([nH]1)=C2C(=O)[C@@H](N)CO. The van der Waals surface area contributed by atoms with E-state index in [-0.39, 0.29) is 12.8 Å². The van der Waals surface area contributed by atoms with Crippen LogP contribution in [0.15, 0.2) is 12.1 Å². The summed E-state index contributed by atoms with van der Waals surface area (Å²) in [5, 5.41) is 31.4. The Hall–Kier alpha value is -4.87. The zero-order valence-electron chi connectivity index (χ0n) is 25.1. The molecule has 0 fully saturated rings. The van der Waals surface area contributed by atoms with Gasteiger partial charge in [0, 0.05) is 46.0 Å². The Balaban J connectivity index is 1.90. The standard InChI is InChI=1S/C33H37N5O6/c1-15-10-28-31(33(44)22(34)14-39)32-16(2)9-19(35-32)11-24-17(3)20(5-7-29(40)41)26(37-24)13-27-21(6-8-30(42)43)18(4)25(38-27)12-23(15)36-28/h9-13,22,35-39H,5-8,14,34H2,1-4H3,(H,40,41)(H,42,43)/t22-/m0/s1. The Labute approximate surface area is 252 Å². The van der Waals surface area contributed by atoms with Crippen molar-refractivity contribution in [3.8, 4) is 0 Å². The number of aromatic amines is 4. The summed E-state index contributed by atoms with van der Waals surface area (Å²) < 4.78 is 0. The van der Waals surface area contributed by atoms with Gasteiger partial charge in [0.15, 0.2) is 5.78 Å². The monoisotopic (exact) mass is 599 g/mol. The molecule has 4 aromatic rings. The van der Waals surface area contributed by atoms with E-state index in [2.05, 4.69) is 19.9 Å². The van der Waals surface area contributed by atoms with E-state index >= 15 is 0 Å². The lowest BCUT2D eigenvalue weighted by Crippen LogP contribution is -2.37. The fourth-order valence-electron chi connectivity index (χ4n) is 5.88. The Morgan fingerprint density at radius 3 is 2.07 bits per heavy atom. The molecule has 230 valence electrons. The van der Waals surface area contributed by atoms with E-state index in [0.29, 0.717) is 34.8 Å². The Kier molecular flexibility index (Phi) is 8.36. The predicted molar refractivity (Wildman–Crippen MR) is 166 cm³/mol. The molecule has 44 heavy (non-hydrogen) atoms. The maximum Gasteiger partial charge on any atom is 0.303 e. The molecule has 0 saturated heterocycles. The van der Waals surface area contributed by atoms with Crippen LogP contribution in [-0.2, 0) is 27.2 Å². The van der Waals surface area contributed by atoms with E-state index in [1.807, 2.05) is 58.1 Å². The summed E-state index contributed by atoms with van der Waals surface area (Å²) in [5.74, 6) is -2.24. The van der Waals surface area contributed by atoms with Crippen molar-refractivity contribution in [2.24, 2.45) is 5.73 Å². The Morgan fingerprint density at radius 1 is 0.750 bits per heavy atom. The van der Waals surface area contributed by atoms with E-state index < -0.39 is 30.4 Å². The number of hydrogen-bond acceptors (Lipinski definition) is 5. The highest BCUT2D eigenvalue weighted by atomic mass is 16.4. The topological polar surface area (TPSA) is 201 Å². The van der Waals surface area contributed by atoms with Crippen molar-refractivity contribution in [1.82, 2.24) is 19.9 Å². The lowest BCUT2D eigenvalue weighted by molar-refractivity contribution is -0.138. The highest BCUT2D eigenvalue weighted by Gasteiger charge is 2.24. The van der Waals surface area contributed by atoms with E-state index in [4.69, 9.17) is 5.73 Å². The van der Waals surface area contributed by atoms with Gasteiger partial charge in [-0.05, 0) is 104 Å². The number of nitrogens with one attached hydrogen (secondary N) is 4. The van der Waals surface area contributed by atoms with Gasteiger partial charge < -0.3 is 41.0 Å². The number of nitrogens with two attached hydrogens (primary N) is 1. The molecular formula is C33H37N5O6. The minimum absolute atomic E-state index is 0.0564. The molecule has 1 aliphatic rings. The Morgan fingerprint density at radius 2 is 1.41 bits per heavy atom. The number of Topliss-reactive ketones (excluding diaryl/α,β-unsaturated/α-hetero) is 1. The third kappa shape index (κ3) is 5.84. The summed E-state index contributed by atoms with van der Waals surface area (Å²) >= 11 is 0. The second-order valence-electron chi connectivity index (χ2n) is 11.4. The van der Waals surface area contributed by atoms with Crippen LogP contribution in [0.1, 0.15) is 69.0 Å². The normalized spacial score (nSPS) is 13.2. The van der Waals surface area contributed by atoms with E-state index in [9.17, 15) is 29.7 Å². The van der Waals surface area contributed by atoms with E-state index in [1.165, 1.54) is 0 Å². The van der Waals surface area contributed by atoms with Gasteiger partial charge in [0.1, 0.15) is 0 Å². The van der Waals surface area contributed by atoms with Crippen LogP contribution in [0.2, 0.25) is 0 Å². The number of aliphatic hydroxyl groups is 1. The van der Waals surface area contributed by atoms with Gasteiger partial charge in [-0.1, -0.05) is 0 Å². The van der Waals surface area contributed by atoms with Crippen molar-refractivity contribution in [2.75, 3.05) is 6.61 Å². The molecule has 8 bridgehead atoms. The number of carboxylic acids is 2. The summed E-state index contributed by atoms with van der Waals surface area (Å²) in [6.07, 6.45) is 6.24. The fourth-order valence-corrected chi connectivity index (χ4v) is 5.88. The molecule has 0 aliphatic carbocycles. The molecule has 11 nitrogen and oxygen atoms in total. The smallest absolute Gasteiger partial charge is 0.303 e. The first-order valence-electron chi connectivity index (χ1n) is 14.5. The minimum atomic E-state index is -1.12. The number of aromatic nitrogens is 4. The highest BCUT2D eigenvalue weighted by molar-refractivity contribution is 6.22. The maximum absolute atomic E-state index is 13.6. The molecule has 0 aromatic carbocycles. The summed E-state index contributed by atoms with van der Waals surface area (Å²) in [4.78, 5) is 50.3. The van der Waals surface area contributed by atoms with Crippen LogP contribution in [0.4, 0.5) is 0 Å². The lowest BCUT2D eigenvalue weighted by atomic mass is 10.0. The molecule has 0 unspecified atom stereocenters. The second-order valence-corrected chi connectivity index (χ2v) is 11.4. The number of carboxylic acid groups (broad SMARTS) is 2. The third-order valence-electron chi connectivity index (χ3n) is 8.35. The molecule has 5 heterocycles. The molecule has 11 heteroatoms. The van der Waals surface area contributed by atoms with Gasteiger partial charge in [-0.3, -0.25) is 14.4 Å². The summed E-state index contributed by atoms with van der Waals surface area (Å²) in [5.41, 5.74) is 14.3. The largest absolute Gasteiger partial charge is 0.481 e. The van der Waals surface area contributed by atoms with Crippen LogP contribution in [0, 0.1) is 27.7 Å². The number of aliphatic hydroxyl groups excluding tert-OH is 1. The van der Waals surface area contributed by atoms with E-state index in [1.54, 1.807) is 0 Å². The molecule has 0 saturated carbocycles. The number of rotatable bonds is 9. The first kappa shape index (κ1) is 30.6. The molecule has 5 rings (SSSR count). The molecule has 9 N–H and O–H groups in total. The van der Waals surface area contributed by atoms with Gasteiger partial charge in [-0.2, -0.15) is 0 Å². The van der Waals surface area contributed by atoms with Crippen LogP contribution < -0.4 is 27.1 Å². The van der Waals surface area contributed by atoms with Crippen molar-refractivity contribution < 1.29 is 29.7 Å². The minimum Gasteiger partial charge on any atom is -0.481 e. The van der Waals surface area contributed by atoms with Gasteiger partial charge in [0.2, 0.25) is 0 Å². The van der Waals surface area contributed by atoms with Crippen LogP contribution in [0.5, 0.6) is 0 Å². The molecule has 0 spiro atoms. The van der Waals surface area contributed by atoms with Crippen LogP contribution in [0.3, 0.4) is 0 Å². The molecule has 1 atom stereocenters. The maximum atomic E-state index is 13.6. The molecule has 4 aromatic heterocycles. The van der Waals surface area contributed by atoms with Crippen LogP contribution in [-0.4, -0.2) is 65.6 Å². The molecule has 0 amide bonds. The van der Waals surface area contributed by atoms with Gasteiger partial charge in [-0.15, -0.1) is 0 Å². The van der Waals surface area contributed by atoms with Crippen molar-refractivity contribution >= 4 is 41.5 Å². The van der Waals surface area contributed by atoms with Crippen LogP contribution in [0.25, 0.3) is 23.8 Å². The van der Waals surface area contributed by atoms with Gasteiger partial charge >= 0.3 is 11.9 Å². The average Bonchev–Trinajstić information content (AvgIpc) is 3.67. The van der Waals surface area contributed by atoms with Crippen molar-refractivity contribution in [1.29, 1.82) is 0 Å². The summed E-state index contributed by atoms with van der Waals surface area (Å²) in [7, 11) is 0. The summed E-state index contributed by atoms with van der Waals surface area (Å²) in [6, 6.07) is 2.67. The predicted octanol–water partition coefficient (Wildman–Crippen LogP) is 0.155. The summed E-state index contributed by atoms with van der Waals surface area (Å²) in [6.45, 7) is 7.15. The van der Waals surface area contributed by atoms with Gasteiger partial charge in [0.25, 0.3) is 0 Å². The number of ketones is 1. The number of hydrogen-bond donors (Lipinski definition) is 8. The lowest BCUT2D eigenvalue weighted by Gasteiger charge is -2.10. The van der Waals surface area contributed by atoms with E-state index in [0.717, 1.165) is 61.2 Å². The third-order valence-corrected chi connectivity index (χ3v) is 8.35.